The van der Waals surface area contributed by atoms with Crippen molar-refractivity contribution in [3.63, 3.8) is 0 Å². The number of alkyl halides is 6. The summed E-state index contributed by atoms with van der Waals surface area (Å²) in [7, 11) is 0. The van der Waals surface area contributed by atoms with Crippen LogP contribution in [0.25, 0.3) is 0 Å². The van der Waals surface area contributed by atoms with Crippen LogP contribution < -0.4 is 10.6 Å². The van der Waals surface area contributed by atoms with E-state index in [-0.39, 0.29) is 17.1 Å². The maximum atomic E-state index is 12.8. The van der Waals surface area contributed by atoms with Gasteiger partial charge in [-0.3, -0.25) is 19.7 Å². The summed E-state index contributed by atoms with van der Waals surface area (Å²) in [6.45, 7) is 0. The first-order valence-corrected chi connectivity index (χ1v) is 8.17. The molecule has 0 atom stereocenters. The van der Waals surface area contributed by atoms with Crippen molar-refractivity contribution in [2.75, 3.05) is 10.6 Å². The van der Waals surface area contributed by atoms with Crippen LogP contribution in [0.1, 0.15) is 32.1 Å². The number of aromatic amines is 1. The number of carbonyl (C=O) groups is 2. The number of halogens is 6. The molecular weight excluding hydrogens is 434 g/mol. The van der Waals surface area contributed by atoms with E-state index in [4.69, 9.17) is 0 Å². The van der Waals surface area contributed by atoms with Crippen molar-refractivity contribution in [1.82, 2.24) is 20.2 Å². The smallest absolute Gasteiger partial charge is 0.319 e. The molecule has 0 unspecified atom stereocenters. The van der Waals surface area contributed by atoms with E-state index in [1.54, 1.807) is 0 Å². The molecule has 2 amide bonds. The lowest BCUT2D eigenvalue weighted by molar-refractivity contribution is -0.141. The van der Waals surface area contributed by atoms with Gasteiger partial charge in [-0.1, -0.05) is 0 Å². The van der Waals surface area contributed by atoms with Gasteiger partial charge in [0.05, 0.1) is 28.7 Å². The molecular formula is C17H10F6N6O2. The SMILES string of the molecule is O=C(Nc1c[nH]nc1C(=O)Nc1ccc(C(F)(F)F)nc1)c1cncc(C(F)(F)F)c1. The van der Waals surface area contributed by atoms with E-state index in [0.29, 0.717) is 18.3 Å². The molecule has 0 saturated heterocycles. The number of carbonyl (C=O) groups excluding carboxylic acids is 2. The van der Waals surface area contributed by atoms with E-state index in [9.17, 15) is 35.9 Å². The maximum absolute atomic E-state index is 12.8. The number of nitrogens with zero attached hydrogens (tertiary/aromatic N) is 3. The van der Waals surface area contributed by atoms with Gasteiger partial charge in [0, 0.05) is 18.6 Å². The summed E-state index contributed by atoms with van der Waals surface area (Å²) < 4.78 is 75.9. The summed E-state index contributed by atoms with van der Waals surface area (Å²) in [5, 5.41) is 10.4. The molecule has 31 heavy (non-hydrogen) atoms. The van der Waals surface area contributed by atoms with Crippen LogP contribution in [0.15, 0.2) is 43.0 Å². The molecule has 14 heteroatoms. The minimum atomic E-state index is -4.71. The first kappa shape index (κ1) is 21.7. The van der Waals surface area contributed by atoms with Crippen LogP contribution in [0, 0.1) is 0 Å². The van der Waals surface area contributed by atoms with Crippen LogP contribution in [0.4, 0.5) is 37.7 Å². The van der Waals surface area contributed by atoms with Crippen molar-refractivity contribution in [3.05, 3.63) is 65.5 Å². The zero-order valence-corrected chi connectivity index (χ0v) is 15.0. The summed E-state index contributed by atoms with van der Waals surface area (Å²) in [5.41, 5.74) is -3.35. The molecule has 162 valence electrons. The lowest BCUT2D eigenvalue weighted by atomic mass is 10.2. The fourth-order valence-electron chi connectivity index (χ4n) is 2.30. The zero-order valence-electron chi connectivity index (χ0n) is 15.0. The molecule has 0 aromatic carbocycles. The number of nitrogens with one attached hydrogen (secondary N) is 3. The Morgan fingerprint density at radius 2 is 1.65 bits per heavy atom. The lowest BCUT2D eigenvalue weighted by Gasteiger charge is -2.09. The van der Waals surface area contributed by atoms with Gasteiger partial charge >= 0.3 is 12.4 Å². The summed E-state index contributed by atoms with van der Waals surface area (Å²) in [4.78, 5) is 31.1. The third-order valence-electron chi connectivity index (χ3n) is 3.74. The van der Waals surface area contributed by atoms with Crippen molar-refractivity contribution in [3.8, 4) is 0 Å². The third kappa shape index (κ3) is 5.15. The number of aromatic nitrogens is 4. The van der Waals surface area contributed by atoms with E-state index in [1.807, 2.05) is 0 Å². The van der Waals surface area contributed by atoms with Gasteiger partial charge in [0.15, 0.2) is 5.69 Å². The van der Waals surface area contributed by atoms with E-state index in [2.05, 4.69) is 30.8 Å². The molecule has 0 fully saturated rings. The Hall–Kier alpha value is -3.97. The van der Waals surface area contributed by atoms with Crippen molar-refractivity contribution >= 4 is 23.2 Å². The number of rotatable bonds is 4. The molecule has 3 aromatic rings. The minimum absolute atomic E-state index is 0.0830. The Morgan fingerprint density at radius 1 is 0.903 bits per heavy atom. The Bertz CT molecular complexity index is 1110. The fraction of sp³-hybridized carbons (Fsp3) is 0.118. The van der Waals surface area contributed by atoms with Gasteiger partial charge in [-0.25, -0.2) is 4.98 Å². The number of amides is 2. The van der Waals surface area contributed by atoms with E-state index in [1.165, 1.54) is 0 Å². The predicted octanol–water partition coefficient (Wildman–Crippen LogP) is 3.74. The molecule has 8 nitrogen and oxygen atoms in total. The molecule has 0 aliphatic rings. The highest BCUT2D eigenvalue weighted by molar-refractivity contribution is 6.11. The molecule has 3 N–H and O–H groups in total. The summed E-state index contributed by atoms with van der Waals surface area (Å²) in [6.07, 6.45) is -6.04. The van der Waals surface area contributed by atoms with E-state index in [0.717, 1.165) is 24.7 Å². The second-order valence-electron chi connectivity index (χ2n) is 5.95. The minimum Gasteiger partial charge on any atom is -0.319 e. The van der Waals surface area contributed by atoms with Gasteiger partial charge in [-0.2, -0.15) is 31.4 Å². The molecule has 0 aliphatic heterocycles. The van der Waals surface area contributed by atoms with Gasteiger partial charge < -0.3 is 10.6 Å². The molecule has 0 radical (unpaired) electrons. The Labute approximate surface area is 168 Å². The quantitative estimate of drug-likeness (QED) is 0.531. The average Bonchev–Trinajstić information content (AvgIpc) is 3.15. The molecule has 0 bridgehead atoms. The summed E-state index contributed by atoms with van der Waals surface area (Å²) in [5.74, 6) is -1.91. The number of anilines is 2. The van der Waals surface area contributed by atoms with Crippen molar-refractivity contribution in [2.24, 2.45) is 0 Å². The predicted molar refractivity (Wildman–Crippen MR) is 93.0 cm³/mol. The molecule has 0 spiro atoms. The Morgan fingerprint density at radius 3 is 2.26 bits per heavy atom. The lowest BCUT2D eigenvalue weighted by Crippen LogP contribution is -2.19. The standard InChI is InChI=1S/C17H10F6N6O2/c18-16(19,20)9-3-8(4-24-5-9)14(30)28-11-7-26-29-13(11)15(31)27-10-1-2-12(25-6-10)17(21,22)23/h1-7H,(H,26,29)(H,27,31)(H,28,30). The second kappa shape index (κ2) is 8.04. The molecule has 3 heterocycles. The topological polar surface area (TPSA) is 113 Å². The molecule has 0 saturated carbocycles. The Kier molecular flexibility index (Phi) is 5.64. The normalized spacial score (nSPS) is 11.8. The number of pyridine rings is 2. The van der Waals surface area contributed by atoms with Crippen LogP contribution in [0.2, 0.25) is 0 Å². The van der Waals surface area contributed by atoms with Gasteiger partial charge in [-0.15, -0.1) is 0 Å². The van der Waals surface area contributed by atoms with Crippen LogP contribution in [-0.2, 0) is 12.4 Å². The fourth-order valence-corrected chi connectivity index (χ4v) is 2.30. The number of hydrogen-bond donors (Lipinski definition) is 3. The molecule has 0 aliphatic carbocycles. The maximum Gasteiger partial charge on any atom is 0.433 e. The highest BCUT2D eigenvalue weighted by Gasteiger charge is 2.33. The third-order valence-corrected chi connectivity index (χ3v) is 3.74. The summed E-state index contributed by atoms with van der Waals surface area (Å²) in [6, 6.07) is 2.20. The Balaban J connectivity index is 1.73. The van der Waals surface area contributed by atoms with E-state index >= 15 is 0 Å². The highest BCUT2D eigenvalue weighted by Crippen LogP contribution is 2.29. The van der Waals surface area contributed by atoms with Gasteiger partial charge in [-0.05, 0) is 18.2 Å². The van der Waals surface area contributed by atoms with Crippen LogP contribution >= 0.6 is 0 Å². The van der Waals surface area contributed by atoms with Gasteiger partial charge in [0.1, 0.15) is 5.69 Å². The van der Waals surface area contributed by atoms with Gasteiger partial charge in [0.2, 0.25) is 0 Å². The number of H-pyrrole nitrogens is 1. The van der Waals surface area contributed by atoms with E-state index < -0.39 is 41.0 Å². The second-order valence-corrected chi connectivity index (χ2v) is 5.95. The number of hydrogen-bond acceptors (Lipinski definition) is 5. The zero-order chi connectivity index (χ0) is 22.8. The van der Waals surface area contributed by atoms with Crippen LogP contribution in [0.3, 0.4) is 0 Å². The average molecular weight is 444 g/mol. The van der Waals surface area contributed by atoms with Crippen LogP contribution in [0.5, 0.6) is 0 Å². The van der Waals surface area contributed by atoms with Crippen molar-refractivity contribution < 1.29 is 35.9 Å². The monoisotopic (exact) mass is 444 g/mol. The highest BCUT2D eigenvalue weighted by atomic mass is 19.4. The summed E-state index contributed by atoms with van der Waals surface area (Å²) >= 11 is 0. The van der Waals surface area contributed by atoms with Crippen molar-refractivity contribution in [1.29, 1.82) is 0 Å². The van der Waals surface area contributed by atoms with Gasteiger partial charge in [0.25, 0.3) is 11.8 Å². The first-order chi connectivity index (χ1) is 14.4. The van der Waals surface area contributed by atoms with Crippen molar-refractivity contribution in [2.45, 2.75) is 12.4 Å². The largest absolute Gasteiger partial charge is 0.433 e. The first-order valence-electron chi connectivity index (χ1n) is 8.17. The molecule has 3 aromatic heterocycles. The van der Waals surface area contributed by atoms with Crippen LogP contribution in [-0.4, -0.2) is 32.0 Å². The molecule has 3 rings (SSSR count).